The van der Waals surface area contributed by atoms with Crippen LogP contribution in [-0.2, 0) is 16.4 Å². The Morgan fingerprint density at radius 2 is 1.94 bits per heavy atom. The summed E-state index contributed by atoms with van der Waals surface area (Å²) in [6, 6.07) is 13.2. The number of anilines is 2. The van der Waals surface area contributed by atoms with Crippen molar-refractivity contribution in [1.29, 1.82) is 0 Å². The lowest BCUT2D eigenvalue weighted by molar-refractivity contribution is 0.0984. The SMILES string of the molecule is O=C(c1cccnc1)N1CCCc2ccc(NS(=O)(=O)c3ccc4c(c3)OCO4)cc21. The van der Waals surface area contributed by atoms with Crippen molar-refractivity contribution in [2.24, 2.45) is 0 Å². The van der Waals surface area contributed by atoms with E-state index in [9.17, 15) is 13.2 Å². The lowest BCUT2D eigenvalue weighted by Gasteiger charge is -2.30. The Labute approximate surface area is 179 Å². The fourth-order valence-electron chi connectivity index (χ4n) is 3.75. The van der Waals surface area contributed by atoms with Crippen LogP contribution in [0.5, 0.6) is 11.5 Å². The molecular formula is C22H19N3O5S. The molecule has 0 atom stereocenters. The van der Waals surface area contributed by atoms with E-state index < -0.39 is 10.0 Å². The van der Waals surface area contributed by atoms with Gasteiger partial charge in [0.2, 0.25) is 6.79 Å². The summed E-state index contributed by atoms with van der Waals surface area (Å²) >= 11 is 0. The van der Waals surface area contributed by atoms with Gasteiger partial charge in [0.15, 0.2) is 11.5 Å². The molecule has 0 radical (unpaired) electrons. The molecule has 1 amide bonds. The number of ether oxygens (including phenoxy) is 2. The van der Waals surface area contributed by atoms with Gasteiger partial charge < -0.3 is 14.4 Å². The molecule has 0 saturated carbocycles. The Bertz CT molecular complexity index is 1260. The van der Waals surface area contributed by atoms with Crippen LogP contribution >= 0.6 is 0 Å². The molecule has 1 aromatic heterocycles. The Kier molecular flexibility index (Phi) is 4.74. The van der Waals surface area contributed by atoms with E-state index in [1.807, 2.05) is 6.07 Å². The first kappa shape index (κ1) is 19.4. The predicted octanol–water partition coefficient (Wildman–Crippen LogP) is 3.20. The lowest BCUT2D eigenvalue weighted by Crippen LogP contribution is -2.35. The molecule has 31 heavy (non-hydrogen) atoms. The van der Waals surface area contributed by atoms with Crippen LogP contribution in [0.15, 0.2) is 65.8 Å². The fraction of sp³-hybridized carbons (Fsp3) is 0.182. The zero-order chi connectivity index (χ0) is 21.4. The first-order chi connectivity index (χ1) is 15.0. The number of fused-ring (bicyclic) bond motifs is 2. The molecule has 3 heterocycles. The van der Waals surface area contributed by atoms with Crippen molar-refractivity contribution in [3.8, 4) is 11.5 Å². The number of aryl methyl sites for hydroxylation is 1. The number of hydrogen-bond donors (Lipinski definition) is 1. The molecule has 3 aromatic rings. The summed E-state index contributed by atoms with van der Waals surface area (Å²) in [7, 11) is -3.85. The van der Waals surface area contributed by atoms with Crippen molar-refractivity contribution in [2.45, 2.75) is 17.7 Å². The maximum Gasteiger partial charge on any atom is 0.262 e. The minimum Gasteiger partial charge on any atom is -0.454 e. The minimum absolute atomic E-state index is 0.0673. The third-order valence-corrected chi connectivity index (χ3v) is 6.64. The number of amides is 1. The number of carbonyl (C=O) groups excluding carboxylic acids is 1. The number of benzene rings is 2. The second-order valence-corrected chi connectivity index (χ2v) is 8.95. The summed E-state index contributed by atoms with van der Waals surface area (Å²) in [5, 5.41) is 0. The molecule has 0 aliphatic carbocycles. The van der Waals surface area contributed by atoms with E-state index in [-0.39, 0.29) is 17.6 Å². The van der Waals surface area contributed by atoms with Gasteiger partial charge in [0.25, 0.3) is 15.9 Å². The lowest BCUT2D eigenvalue weighted by atomic mass is 10.0. The topological polar surface area (TPSA) is 97.8 Å². The molecule has 1 N–H and O–H groups in total. The second-order valence-electron chi connectivity index (χ2n) is 7.27. The van der Waals surface area contributed by atoms with E-state index >= 15 is 0 Å². The summed E-state index contributed by atoms with van der Waals surface area (Å²) in [5.41, 5.74) is 2.56. The summed E-state index contributed by atoms with van der Waals surface area (Å²) in [5.74, 6) is 0.740. The van der Waals surface area contributed by atoms with Crippen LogP contribution in [0.1, 0.15) is 22.3 Å². The van der Waals surface area contributed by atoms with Crippen LogP contribution in [0.2, 0.25) is 0 Å². The van der Waals surface area contributed by atoms with Gasteiger partial charge >= 0.3 is 0 Å². The third-order valence-electron chi connectivity index (χ3n) is 5.26. The average molecular weight is 437 g/mol. The van der Waals surface area contributed by atoms with Crippen molar-refractivity contribution in [3.05, 3.63) is 72.1 Å². The van der Waals surface area contributed by atoms with Crippen LogP contribution in [0.25, 0.3) is 0 Å². The zero-order valence-electron chi connectivity index (χ0n) is 16.4. The molecule has 0 fully saturated rings. The first-order valence-electron chi connectivity index (χ1n) is 9.78. The van der Waals surface area contributed by atoms with Gasteiger partial charge in [0.1, 0.15) is 0 Å². The van der Waals surface area contributed by atoms with E-state index in [1.54, 1.807) is 41.4 Å². The number of sulfonamides is 1. The zero-order valence-corrected chi connectivity index (χ0v) is 17.3. The van der Waals surface area contributed by atoms with E-state index in [0.29, 0.717) is 35.0 Å². The molecule has 5 rings (SSSR count). The van der Waals surface area contributed by atoms with Crippen molar-refractivity contribution in [2.75, 3.05) is 23.0 Å². The standard InChI is InChI=1S/C22H19N3O5S/c26-22(16-3-1-9-23-13-16)25-10-2-4-15-5-6-17(11-19(15)25)24-31(27,28)18-7-8-20-21(12-18)30-14-29-20/h1,3,5-9,11-13,24H,2,4,10,14H2. The molecule has 158 valence electrons. The normalized spacial score (nSPS) is 14.8. The van der Waals surface area contributed by atoms with Crippen LogP contribution < -0.4 is 19.1 Å². The highest BCUT2D eigenvalue weighted by Crippen LogP contribution is 2.35. The van der Waals surface area contributed by atoms with Gasteiger partial charge in [-0.3, -0.25) is 14.5 Å². The number of aromatic nitrogens is 1. The van der Waals surface area contributed by atoms with E-state index in [0.717, 1.165) is 18.4 Å². The van der Waals surface area contributed by atoms with Gasteiger partial charge in [-0.2, -0.15) is 0 Å². The second kappa shape index (κ2) is 7.59. The van der Waals surface area contributed by atoms with Crippen molar-refractivity contribution in [1.82, 2.24) is 4.98 Å². The largest absolute Gasteiger partial charge is 0.454 e. The average Bonchev–Trinajstić information content (AvgIpc) is 3.26. The number of nitrogens with zero attached hydrogens (tertiary/aromatic N) is 2. The van der Waals surface area contributed by atoms with E-state index in [1.165, 1.54) is 18.3 Å². The molecule has 2 aliphatic heterocycles. The highest BCUT2D eigenvalue weighted by atomic mass is 32.2. The minimum atomic E-state index is -3.85. The maximum atomic E-state index is 13.0. The Morgan fingerprint density at radius 3 is 2.77 bits per heavy atom. The van der Waals surface area contributed by atoms with Crippen LogP contribution in [0.3, 0.4) is 0 Å². The molecule has 2 aliphatic rings. The van der Waals surface area contributed by atoms with Gasteiger partial charge in [-0.1, -0.05) is 6.07 Å². The molecule has 0 bridgehead atoms. The number of carbonyl (C=O) groups is 1. The summed E-state index contributed by atoms with van der Waals surface area (Å²) in [4.78, 5) is 18.8. The Hall–Kier alpha value is -3.59. The van der Waals surface area contributed by atoms with Crippen molar-refractivity contribution >= 4 is 27.3 Å². The van der Waals surface area contributed by atoms with Crippen molar-refractivity contribution in [3.63, 3.8) is 0 Å². The number of hydrogen-bond acceptors (Lipinski definition) is 6. The van der Waals surface area contributed by atoms with Gasteiger partial charge in [-0.05, 0) is 54.8 Å². The Balaban J connectivity index is 1.45. The molecule has 0 saturated heterocycles. The molecular weight excluding hydrogens is 418 g/mol. The van der Waals surface area contributed by atoms with Crippen LogP contribution in [0, 0.1) is 0 Å². The van der Waals surface area contributed by atoms with Crippen molar-refractivity contribution < 1.29 is 22.7 Å². The van der Waals surface area contributed by atoms with Crippen LogP contribution in [-0.4, -0.2) is 32.6 Å². The highest BCUT2D eigenvalue weighted by molar-refractivity contribution is 7.92. The van der Waals surface area contributed by atoms with E-state index in [2.05, 4.69) is 9.71 Å². The summed E-state index contributed by atoms with van der Waals surface area (Å²) in [6.45, 7) is 0.622. The van der Waals surface area contributed by atoms with Gasteiger partial charge in [-0.15, -0.1) is 0 Å². The third kappa shape index (κ3) is 3.68. The summed E-state index contributed by atoms with van der Waals surface area (Å²) < 4.78 is 38.9. The highest BCUT2D eigenvalue weighted by Gasteiger charge is 2.25. The molecule has 9 heteroatoms. The predicted molar refractivity (Wildman–Crippen MR) is 114 cm³/mol. The number of rotatable bonds is 4. The van der Waals surface area contributed by atoms with Gasteiger partial charge in [0, 0.05) is 30.7 Å². The van der Waals surface area contributed by atoms with Gasteiger partial charge in [0.05, 0.1) is 16.1 Å². The molecule has 8 nitrogen and oxygen atoms in total. The summed E-state index contributed by atoms with van der Waals surface area (Å²) in [6.07, 6.45) is 4.80. The maximum absolute atomic E-state index is 13.0. The molecule has 0 spiro atoms. The van der Waals surface area contributed by atoms with Gasteiger partial charge in [-0.25, -0.2) is 8.42 Å². The van der Waals surface area contributed by atoms with Crippen LogP contribution in [0.4, 0.5) is 11.4 Å². The van der Waals surface area contributed by atoms with E-state index in [4.69, 9.17) is 9.47 Å². The number of pyridine rings is 1. The molecule has 2 aromatic carbocycles. The fourth-order valence-corrected chi connectivity index (χ4v) is 4.82. The monoisotopic (exact) mass is 437 g/mol. The first-order valence-corrected chi connectivity index (χ1v) is 11.3. The Morgan fingerprint density at radius 1 is 1.06 bits per heavy atom. The quantitative estimate of drug-likeness (QED) is 0.673. The molecule has 0 unspecified atom stereocenters. The smallest absolute Gasteiger partial charge is 0.262 e. The number of nitrogens with one attached hydrogen (secondary N) is 1.